The van der Waals surface area contributed by atoms with E-state index in [-0.39, 0.29) is 5.57 Å². The van der Waals surface area contributed by atoms with E-state index < -0.39 is 15.5 Å². The van der Waals surface area contributed by atoms with Crippen LogP contribution in [0.15, 0.2) is 12.2 Å². The molecule has 0 aliphatic heterocycles. The Balaban J connectivity index is 0. The van der Waals surface area contributed by atoms with Crippen LogP contribution in [0.3, 0.4) is 0 Å². The fraction of sp³-hybridized carbons (Fsp3) is 0.700. The number of carboxylic acids is 1. The first kappa shape index (κ1) is 17.7. The van der Waals surface area contributed by atoms with Gasteiger partial charge >= 0.3 is 15.5 Å². The van der Waals surface area contributed by atoms with Gasteiger partial charge in [-0.25, -0.2) is 4.79 Å². The van der Waals surface area contributed by atoms with Crippen LogP contribution in [0.1, 0.15) is 26.2 Å². The fourth-order valence-corrected chi connectivity index (χ4v) is 0.866. The lowest BCUT2D eigenvalue weighted by Crippen LogP contribution is -2.21. The van der Waals surface area contributed by atoms with Crippen LogP contribution in [0.2, 0.25) is 0 Å². The standard InChI is InChI=1S/C4H6O2.C3H10O3Si.C3H6/c1-3(2)4(5)6;1-4-7(5-2)6-3;1-2-3-1/h1H2,2H3,(H,5,6);7H,1-3H3;1-3H2. The Morgan fingerprint density at radius 2 is 1.38 bits per heavy atom. The lowest BCUT2D eigenvalue weighted by Gasteiger charge is -2.05. The summed E-state index contributed by atoms with van der Waals surface area (Å²) >= 11 is 0. The minimum absolute atomic E-state index is 0.176. The average Bonchev–Trinajstić information content (AvgIpc) is 3.08. The average molecular weight is 250 g/mol. The first-order valence-corrected chi connectivity index (χ1v) is 6.38. The third kappa shape index (κ3) is 19.0. The molecule has 1 fully saturated rings. The van der Waals surface area contributed by atoms with E-state index >= 15 is 0 Å². The molecule has 0 bridgehead atoms. The van der Waals surface area contributed by atoms with Gasteiger partial charge in [0.25, 0.3) is 0 Å². The summed E-state index contributed by atoms with van der Waals surface area (Å²) in [7, 11) is 3.05. The maximum Gasteiger partial charge on any atom is 0.483 e. The summed E-state index contributed by atoms with van der Waals surface area (Å²) < 4.78 is 14.2. The predicted octanol–water partition coefficient (Wildman–Crippen LogP) is 1.46. The van der Waals surface area contributed by atoms with Crippen LogP contribution in [-0.2, 0) is 18.1 Å². The number of carboxylic acid groups (broad SMARTS) is 1. The topological polar surface area (TPSA) is 65.0 Å². The van der Waals surface area contributed by atoms with Crippen LogP contribution in [0.25, 0.3) is 0 Å². The Labute approximate surface area is 99.0 Å². The SMILES string of the molecule is C1CC1.C=C(C)C(=O)O.CO[SiH](OC)OC. The van der Waals surface area contributed by atoms with Crippen LogP contribution in [0.5, 0.6) is 0 Å². The molecule has 0 unspecified atom stereocenters. The van der Waals surface area contributed by atoms with Crippen molar-refractivity contribution in [3.8, 4) is 0 Å². The second kappa shape index (κ2) is 12.4. The van der Waals surface area contributed by atoms with Crippen molar-refractivity contribution in [1.29, 1.82) is 0 Å². The molecule has 0 spiro atoms. The molecule has 0 radical (unpaired) electrons. The first-order chi connectivity index (χ1) is 7.49. The second-order valence-electron chi connectivity index (χ2n) is 3.14. The zero-order valence-corrected chi connectivity index (χ0v) is 11.6. The zero-order chi connectivity index (χ0) is 13.0. The van der Waals surface area contributed by atoms with Gasteiger partial charge in [0, 0.05) is 26.9 Å². The summed E-state index contributed by atoms with van der Waals surface area (Å²) in [5, 5.41) is 7.89. The molecule has 5 nitrogen and oxygen atoms in total. The highest BCUT2D eigenvalue weighted by Gasteiger charge is 2.04. The molecule has 16 heavy (non-hydrogen) atoms. The van der Waals surface area contributed by atoms with Crippen molar-refractivity contribution in [3.63, 3.8) is 0 Å². The molecule has 1 aliphatic carbocycles. The Morgan fingerprint density at radius 1 is 1.12 bits per heavy atom. The molecule has 0 saturated heterocycles. The van der Waals surface area contributed by atoms with E-state index in [0.29, 0.717) is 0 Å². The van der Waals surface area contributed by atoms with Gasteiger partial charge in [-0.15, -0.1) is 0 Å². The molecule has 1 aliphatic rings. The molecule has 6 heteroatoms. The Hall–Kier alpha value is -0.693. The molecule has 0 aromatic heterocycles. The molecule has 96 valence electrons. The molecule has 0 heterocycles. The monoisotopic (exact) mass is 250 g/mol. The summed E-state index contributed by atoms with van der Waals surface area (Å²) in [5.74, 6) is -0.935. The van der Waals surface area contributed by atoms with E-state index in [1.807, 2.05) is 0 Å². The van der Waals surface area contributed by atoms with Gasteiger partial charge in [-0.1, -0.05) is 25.8 Å². The Bertz CT molecular complexity index is 169. The summed E-state index contributed by atoms with van der Waals surface area (Å²) in [6.07, 6.45) is 4.50. The highest BCUT2D eigenvalue weighted by atomic mass is 28.3. The van der Waals surface area contributed by atoms with E-state index in [4.69, 9.17) is 18.4 Å². The Kier molecular flexibility index (Phi) is 13.7. The van der Waals surface area contributed by atoms with Gasteiger partial charge in [-0.3, -0.25) is 0 Å². The van der Waals surface area contributed by atoms with Crippen molar-refractivity contribution in [2.45, 2.75) is 26.2 Å². The molecular weight excluding hydrogens is 228 g/mol. The predicted molar refractivity (Wildman–Crippen MR) is 64.5 cm³/mol. The number of hydrogen-bond donors (Lipinski definition) is 1. The van der Waals surface area contributed by atoms with E-state index in [2.05, 4.69) is 6.58 Å². The minimum Gasteiger partial charge on any atom is -0.478 e. The molecule has 1 saturated carbocycles. The van der Waals surface area contributed by atoms with Crippen LogP contribution in [-0.4, -0.2) is 41.9 Å². The molecule has 0 atom stereocenters. The zero-order valence-electron chi connectivity index (χ0n) is 10.5. The highest BCUT2D eigenvalue weighted by molar-refractivity contribution is 6.36. The normalized spacial score (nSPS) is 11.8. The quantitative estimate of drug-likeness (QED) is 0.604. The van der Waals surface area contributed by atoms with Gasteiger partial charge in [0.15, 0.2) is 0 Å². The Morgan fingerprint density at radius 3 is 1.38 bits per heavy atom. The van der Waals surface area contributed by atoms with Gasteiger partial charge in [-0.2, -0.15) is 0 Å². The van der Waals surface area contributed by atoms with Crippen molar-refractivity contribution in [1.82, 2.24) is 0 Å². The number of hydrogen-bond acceptors (Lipinski definition) is 4. The lowest BCUT2D eigenvalue weighted by atomic mass is 10.4. The van der Waals surface area contributed by atoms with Gasteiger partial charge < -0.3 is 18.4 Å². The van der Waals surface area contributed by atoms with Crippen molar-refractivity contribution in [3.05, 3.63) is 12.2 Å². The van der Waals surface area contributed by atoms with Crippen molar-refractivity contribution >= 4 is 15.5 Å². The molecule has 1 rings (SSSR count). The van der Waals surface area contributed by atoms with E-state index in [0.717, 1.165) is 0 Å². The van der Waals surface area contributed by atoms with E-state index in [1.165, 1.54) is 26.2 Å². The van der Waals surface area contributed by atoms with Crippen molar-refractivity contribution in [2.75, 3.05) is 21.3 Å². The van der Waals surface area contributed by atoms with Crippen molar-refractivity contribution in [2.24, 2.45) is 0 Å². The molecule has 0 aromatic carbocycles. The summed E-state index contributed by atoms with van der Waals surface area (Å²) in [6.45, 7) is 4.60. The molecule has 1 N–H and O–H groups in total. The number of aliphatic carboxylic acids is 1. The van der Waals surface area contributed by atoms with E-state index in [9.17, 15) is 4.79 Å². The second-order valence-corrected chi connectivity index (χ2v) is 5.13. The van der Waals surface area contributed by atoms with Gasteiger partial charge in [0.2, 0.25) is 0 Å². The third-order valence-corrected chi connectivity index (χ3v) is 2.45. The molecule has 0 aromatic rings. The van der Waals surface area contributed by atoms with Crippen LogP contribution < -0.4 is 0 Å². The maximum atomic E-state index is 9.60. The fourth-order valence-electron chi connectivity index (χ4n) is 0.289. The number of rotatable bonds is 4. The molecule has 0 amide bonds. The number of carbonyl (C=O) groups is 1. The minimum atomic E-state index is -1.67. The summed E-state index contributed by atoms with van der Waals surface area (Å²) in [6, 6.07) is 0. The maximum absolute atomic E-state index is 9.60. The molecular formula is C10H22O5Si. The van der Waals surface area contributed by atoms with Crippen LogP contribution >= 0.6 is 0 Å². The summed E-state index contributed by atoms with van der Waals surface area (Å²) in [5.41, 5.74) is 0.176. The highest BCUT2D eigenvalue weighted by Crippen LogP contribution is 2.14. The largest absolute Gasteiger partial charge is 0.483 e. The smallest absolute Gasteiger partial charge is 0.478 e. The van der Waals surface area contributed by atoms with Gasteiger partial charge in [0.1, 0.15) is 0 Å². The van der Waals surface area contributed by atoms with Crippen LogP contribution in [0.4, 0.5) is 0 Å². The van der Waals surface area contributed by atoms with Crippen molar-refractivity contribution < 1.29 is 23.2 Å². The van der Waals surface area contributed by atoms with Gasteiger partial charge in [0.05, 0.1) is 0 Å². The van der Waals surface area contributed by atoms with Crippen LogP contribution in [0, 0.1) is 0 Å². The van der Waals surface area contributed by atoms with E-state index in [1.54, 1.807) is 21.3 Å². The lowest BCUT2D eigenvalue weighted by molar-refractivity contribution is -0.132. The third-order valence-electron chi connectivity index (χ3n) is 1.30. The first-order valence-electron chi connectivity index (χ1n) is 4.96. The summed E-state index contributed by atoms with van der Waals surface area (Å²) in [4.78, 5) is 9.60. The van der Waals surface area contributed by atoms with Gasteiger partial charge in [-0.05, 0) is 6.92 Å².